The molecule has 1 aliphatic carbocycles. The van der Waals surface area contributed by atoms with Crippen molar-refractivity contribution in [3.8, 4) is 0 Å². The zero-order valence-electron chi connectivity index (χ0n) is 17.5. The molecule has 3 aromatic rings. The minimum Gasteiger partial charge on any atom is -0.296 e. The van der Waals surface area contributed by atoms with Gasteiger partial charge in [0.15, 0.2) is 0 Å². The van der Waals surface area contributed by atoms with Crippen molar-refractivity contribution in [1.29, 1.82) is 0 Å². The Morgan fingerprint density at radius 1 is 0.767 bits per heavy atom. The second-order valence-corrected chi connectivity index (χ2v) is 9.05. The van der Waals surface area contributed by atoms with Crippen molar-refractivity contribution in [2.24, 2.45) is 5.92 Å². The fourth-order valence-corrected chi connectivity index (χ4v) is 5.15. The second-order valence-electron chi connectivity index (χ2n) is 9.05. The number of hydrogen-bond donors (Lipinski definition) is 0. The van der Waals surface area contributed by atoms with Crippen molar-refractivity contribution >= 4 is 0 Å². The van der Waals surface area contributed by atoms with E-state index in [0.29, 0.717) is 12.0 Å². The van der Waals surface area contributed by atoms with E-state index in [1.54, 1.807) is 12.1 Å². The molecule has 2 heteroatoms. The van der Waals surface area contributed by atoms with Crippen molar-refractivity contribution in [3.63, 3.8) is 0 Å². The topological polar surface area (TPSA) is 3.24 Å². The minimum absolute atomic E-state index is 0.167. The number of halogens is 1. The van der Waals surface area contributed by atoms with Crippen molar-refractivity contribution in [2.75, 3.05) is 13.1 Å². The molecule has 0 spiro atoms. The Balaban J connectivity index is 1.25. The normalized spacial score (nSPS) is 19.0. The summed E-state index contributed by atoms with van der Waals surface area (Å²) in [4.78, 5) is 2.74. The second kappa shape index (κ2) is 8.73. The van der Waals surface area contributed by atoms with Crippen molar-refractivity contribution in [3.05, 3.63) is 107 Å². The molecule has 0 amide bonds. The highest BCUT2D eigenvalue weighted by atomic mass is 19.1. The van der Waals surface area contributed by atoms with E-state index in [2.05, 4.69) is 59.5 Å². The number of piperidine rings is 1. The highest BCUT2D eigenvalue weighted by Crippen LogP contribution is 2.46. The van der Waals surface area contributed by atoms with Crippen LogP contribution in [-0.4, -0.2) is 18.0 Å². The molecule has 0 bridgehead atoms. The Hall–Kier alpha value is -2.45. The van der Waals surface area contributed by atoms with Gasteiger partial charge in [-0.25, -0.2) is 4.39 Å². The van der Waals surface area contributed by atoms with Crippen molar-refractivity contribution in [1.82, 2.24) is 4.90 Å². The van der Waals surface area contributed by atoms with E-state index in [-0.39, 0.29) is 5.82 Å². The molecule has 0 radical (unpaired) electrons. The number of hydrogen-bond acceptors (Lipinski definition) is 1. The fraction of sp³-hybridized carbons (Fsp3) is 0.357. The predicted molar refractivity (Wildman–Crippen MR) is 121 cm³/mol. The molecule has 1 heterocycles. The zero-order valence-corrected chi connectivity index (χ0v) is 17.5. The summed E-state index contributed by atoms with van der Waals surface area (Å²) >= 11 is 0. The third kappa shape index (κ3) is 4.49. The molecule has 1 unspecified atom stereocenters. The van der Waals surface area contributed by atoms with E-state index in [1.807, 2.05) is 12.1 Å². The molecule has 154 valence electrons. The maximum absolute atomic E-state index is 13.2. The SMILES string of the molecule is Fc1ccc(Cc2cccc(C3CCN(C(c4ccccc4)C4CC4)CC3)c2)cc1. The lowest BCUT2D eigenvalue weighted by Gasteiger charge is -2.38. The van der Waals surface area contributed by atoms with E-state index < -0.39 is 0 Å². The Morgan fingerprint density at radius 3 is 2.20 bits per heavy atom. The molecule has 2 fully saturated rings. The minimum atomic E-state index is -0.167. The first-order chi connectivity index (χ1) is 14.8. The van der Waals surface area contributed by atoms with Gasteiger partial charge in [0.25, 0.3) is 0 Å². The molecule has 1 saturated heterocycles. The third-order valence-electron chi connectivity index (χ3n) is 6.88. The molecule has 1 nitrogen and oxygen atoms in total. The van der Waals surface area contributed by atoms with Crippen LogP contribution in [0.15, 0.2) is 78.9 Å². The highest BCUT2D eigenvalue weighted by Gasteiger charge is 2.37. The van der Waals surface area contributed by atoms with Crippen molar-refractivity contribution in [2.45, 2.75) is 44.1 Å². The van der Waals surface area contributed by atoms with Crippen LogP contribution in [0.2, 0.25) is 0 Å². The number of nitrogens with zero attached hydrogens (tertiary/aromatic N) is 1. The van der Waals surface area contributed by atoms with Gasteiger partial charge < -0.3 is 0 Å². The van der Waals surface area contributed by atoms with Crippen LogP contribution >= 0.6 is 0 Å². The zero-order chi connectivity index (χ0) is 20.3. The van der Waals surface area contributed by atoms with E-state index in [9.17, 15) is 4.39 Å². The van der Waals surface area contributed by atoms with Gasteiger partial charge >= 0.3 is 0 Å². The lowest BCUT2D eigenvalue weighted by atomic mass is 9.86. The van der Waals surface area contributed by atoms with E-state index >= 15 is 0 Å². The predicted octanol–water partition coefficient (Wildman–Crippen LogP) is 6.75. The summed E-state index contributed by atoms with van der Waals surface area (Å²) in [6, 6.07) is 27.7. The molecule has 1 aliphatic heterocycles. The van der Waals surface area contributed by atoms with Crippen LogP contribution < -0.4 is 0 Å². The fourth-order valence-electron chi connectivity index (χ4n) is 5.15. The number of benzene rings is 3. The first kappa shape index (κ1) is 19.5. The largest absolute Gasteiger partial charge is 0.296 e. The van der Waals surface area contributed by atoms with Gasteiger partial charge in [0.1, 0.15) is 5.82 Å². The van der Waals surface area contributed by atoms with Crippen LogP contribution in [0.1, 0.15) is 59.9 Å². The lowest BCUT2D eigenvalue weighted by Crippen LogP contribution is -2.37. The first-order valence-electron chi connectivity index (χ1n) is 11.4. The van der Waals surface area contributed by atoms with E-state index in [4.69, 9.17) is 0 Å². The average Bonchev–Trinajstić information content (AvgIpc) is 3.62. The van der Waals surface area contributed by atoms with Gasteiger partial charge in [-0.2, -0.15) is 0 Å². The molecular weight excluding hydrogens is 369 g/mol. The van der Waals surface area contributed by atoms with Gasteiger partial charge in [0, 0.05) is 6.04 Å². The molecule has 3 aromatic carbocycles. The standard InChI is InChI=1S/C28H30FN/c29-27-13-9-21(10-14-27)19-22-5-4-8-26(20-22)23-15-17-30(18-16-23)28(25-11-12-25)24-6-2-1-3-7-24/h1-10,13-14,20,23,25,28H,11-12,15-19H2. The Kier molecular flexibility index (Phi) is 5.68. The molecular formula is C28H30FN. The quantitative estimate of drug-likeness (QED) is 0.443. The Morgan fingerprint density at radius 2 is 1.50 bits per heavy atom. The maximum Gasteiger partial charge on any atom is 0.123 e. The summed E-state index contributed by atoms with van der Waals surface area (Å²) in [5.74, 6) is 1.33. The third-order valence-corrected chi connectivity index (χ3v) is 6.88. The van der Waals surface area contributed by atoms with Crippen LogP contribution in [0, 0.1) is 11.7 Å². The first-order valence-corrected chi connectivity index (χ1v) is 11.4. The van der Waals surface area contributed by atoms with Crippen LogP contribution in [0.3, 0.4) is 0 Å². The number of rotatable bonds is 6. The van der Waals surface area contributed by atoms with Gasteiger partial charge in [-0.05, 0) is 91.4 Å². The Bertz CT molecular complexity index is 953. The van der Waals surface area contributed by atoms with Crippen LogP contribution in [-0.2, 0) is 6.42 Å². The van der Waals surface area contributed by atoms with E-state index in [1.165, 1.54) is 61.0 Å². The van der Waals surface area contributed by atoms with Crippen LogP contribution in [0.5, 0.6) is 0 Å². The van der Waals surface area contributed by atoms with Gasteiger partial charge in [-0.15, -0.1) is 0 Å². The van der Waals surface area contributed by atoms with Gasteiger partial charge in [0.2, 0.25) is 0 Å². The summed E-state index contributed by atoms with van der Waals surface area (Å²) in [6.45, 7) is 2.37. The average molecular weight is 400 g/mol. The summed E-state index contributed by atoms with van der Waals surface area (Å²) in [7, 11) is 0. The smallest absolute Gasteiger partial charge is 0.123 e. The molecule has 1 atom stereocenters. The van der Waals surface area contributed by atoms with Crippen LogP contribution in [0.25, 0.3) is 0 Å². The summed E-state index contributed by atoms with van der Waals surface area (Å²) in [6.07, 6.45) is 6.09. The molecule has 2 aliphatic rings. The molecule has 1 saturated carbocycles. The van der Waals surface area contributed by atoms with Gasteiger partial charge in [-0.3, -0.25) is 4.90 Å². The summed E-state index contributed by atoms with van der Waals surface area (Å²) in [5.41, 5.74) is 5.46. The highest BCUT2D eigenvalue weighted by molar-refractivity contribution is 5.32. The van der Waals surface area contributed by atoms with E-state index in [0.717, 1.165) is 12.3 Å². The monoisotopic (exact) mass is 399 g/mol. The van der Waals surface area contributed by atoms with Crippen LogP contribution in [0.4, 0.5) is 4.39 Å². The molecule has 5 rings (SSSR count). The van der Waals surface area contributed by atoms with Gasteiger partial charge in [-0.1, -0.05) is 66.7 Å². The molecule has 0 N–H and O–H groups in total. The Labute approximate surface area is 179 Å². The lowest BCUT2D eigenvalue weighted by molar-refractivity contribution is 0.136. The van der Waals surface area contributed by atoms with Gasteiger partial charge in [0.05, 0.1) is 0 Å². The molecule has 30 heavy (non-hydrogen) atoms. The number of likely N-dealkylation sites (tertiary alicyclic amines) is 1. The summed E-state index contributed by atoms with van der Waals surface area (Å²) < 4.78 is 13.2. The molecule has 0 aromatic heterocycles. The maximum atomic E-state index is 13.2. The summed E-state index contributed by atoms with van der Waals surface area (Å²) in [5, 5.41) is 0. The van der Waals surface area contributed by atoms with Crippen molar-refractivity contribution < 1.29 is 4.39 Å².